The number of fused-ring (bicyclic) bond motifs is 2. The normalized spacial score (nSPS) is 14.9. The van der Waals surface area contributed by atoms with Gasteiger partial charge in [0, 0.05) is 33.0 Å². The Hall–Kier alpha value is -3.04. The van der Waals surface area contributed by atoms with Gasteiger partial charge in [0.2, 0.25) is 0 Å². The second-order valence-corrected chi connectivity index (χ2v) is 9.25. The van der Waals surface area contributed by atoms with Crippen molar-refractivity contribution in [1.82, 2.24) is 0 Å². The highest BCUT2D eigenvalue weighted by Crippen LogP contribution is 2.47. The molecule has 0 amide bonds. The number of hydrogen-bond donors (Lipinski definition) is 0. The lowest BCUT2D eigenvalue weighted by molar-refractivity contribution is -0.128. The van der Waals surface area contributed by atoms with Crippen LogP contribution in [-0.4, -0.2) is 5.97 Å². The third-order valence-electron chi connectivity index (χ3n) is 6.14. The number of halogens is 1. The van der Waals surface area contributed by atoms with Gasteiger partial charge in [-0.2, -0.15) is 0 Å². The first-order valence-corrected chi connectivity index (χ1v) is 11.8. The van der Waals surface area contributed by atoms with Crippen molar-refractivity contribution in [3.63, 3.8) is 0 Å². The van der Waals surface area contributed by atoms with Crippen LogP contribution >= 0.6 is 11.6 Å². The molecule has 0 aromatic heterocycles. The molecule has 170 valence electrons. The summed E-state index contributed by atoms with van der Waals surface area (Å²) in [4.78, 5) is 12.3. The van der Waals surface area contributed by atoms with E-state index in [0.29, 0.717) is 16.7 Å². The molecule has 1 aliphatic rings. The highest BCUT2D eigenvalue weighted by Gasteiger charge is 2.29. The van der Waals surface area contributed by atoms with Gasteiger partial charge in [-0.05, 0) is 82.2 Å². The molecule has 1 atom stereocenters. The smallest absolute Gasteiger partial charge is 0.335 e. The second kappa shape index (κ2) is 10.3. The van der Waals surface area contributed by atoms with Gasteiger partial charge in [-0.15, -0.1) is 0 Å². The summed E-state index contributed by atoms with van der Waals surface area (Å²) in [6, 6.07) is 15.4. The molecule has 0 N–H and O–H groups in total. The maximum atomic E-state index is 12.3. The first-order valence-electron chi connectivity index (χ1n) is 11.4. The molecule has 0 aliphatic heterocycles. The number of hydrogen-bond acceptors (Lipinski definition) is 3. The number of carbonyl (C=O) groups is 1. The molecular weight excluding hydrogens is 432 g/mol. The van der Waals surface area contributed by atoms with Crippen LogP contribution in [0.1, 0.15) is 44.2 Å². The van der Waals surface area contributed by atoms with Crippen molar-refractivity contribution >= 4 is 28.3 Å². The van der Waals surface area contributed by atoms with Crippen molar-refractivity contribution in [2.75, 3.05) is 0 Å². The molecule has 0 saturated heterocycles. The third-order valence-corrected chi connectivity index (χ3v) is 6.37. The van der Waals surface area contributed by atoms with E-state index < -0.39 is 5.97 Å². The first-order chi connectivity index (χ1) is 16.0. The van der Waals surface area contributed by atoms with E-state index in [4.69, 9.17) is 21.1 Å². The Bertz CT molecular complexity index is 1210. The number of esters is 1. The quantitative estimate of drug-likeness (QED) is 0.154. The summed E-state index contributed by atoms with van der Waals surface area (Å²) in [7, 11) is 0. The zero-order chi connectivity index (χ0) is 23.4. The molecule has 1 aliphatic carbocycles. The van der Waals surface area contributed by atoms with Crippen molar-refractivity contribution in [3.05, 3.63) is 89.0 Å². The van der Waals surface area contributed by atoms with Crippen LogP contribution in [0.3, 0.4) is 0 Å². The van der Waals surface area contributed by atoms with E-state index in [2.05, 4.69) is 26.5 Å². The molecule has 4 rings (SSSR count). The lowest BCUT2D eigenvalue weighted by Crippen LogP contribution is -2.18. The van der Waals surface area contributed by atoms with Crippen molar-refractivity contribution < 1.29 is 14.3 Å². The molecule has 0 saturated carbocycles. The van der Waals surface area contributed by atoms with Crippen LogP contribution in [0, 0.1) is 5.92 Å². The SMILES string of the molecule is C=CC(=O)Oc1c2c(c(Oc3ccccc3)c3cc(Cl)ccc13)CCC(CCC=C(C)C)C2. The number of rotatable bonds is 7. The Balaban J connectivity index is 1.86. The zero-order valence-electron chi connectivity index (χ0n) is 19.2. The summed E-state index contributed by atoms with van der Waals surface area (Å²) in [5.41, 5.74) is 3.49. The Kier molecular flexibility index (Phi) is 7.20. The van der Waals surface area contributed by atoms with Gasteiger partial charge in [-0.3, -0.25) is 0 Å². The predicted octanol–water partition coefficient (Wildman–Crippen LogP) is 8.23. The molecule has 4 heteroatoms. The topological polar surface area (TPSA) is 35.5 Å². The second-order valence-electron chi connectivity index (χ2n) is 8.81. The van der Waals surface area contributed by atoms with E-state index in [1.54, 1.807) is 0 Å². The molecule has 0 radical (unpaired) electrons. The molecular formula is C29H29ClO3. The van der Waals surface area contributed by atoms with Gasteiger partial charge in [0.05, 0.1) is 0 Å². The van der Waals surface area contributed by atoms with Crippen LogP contribution in [-0.2, 0) is 17.6 Å². The number of para-hydroxylation sites is 1. The molecule has 3 aromatic rings. The highest BCUT2D eigenvalue weighted by atomic mass is 35.5. The van der Waals surface area contributed by atoms with E-state index in [-0.39, 0.29) is 0 Å². The third kappa shape index (κ3) is 5.31. The van der Waals surface area contributed by atoms with Gasteiger partial charge in [-0.1, -0.05) is 48.0 Å². The van der Waals surface area contributed by atoms with Crippen LogP contribution in [0.5, 0.6) is 17.2 Å². The minimum absolute atomic E-state index is 0.461. The van der Waals surface area contributed by atoms with Crippen LogP contribution in [0.25, 0.3) is 10.8 Å². The zero-order valence-corrected chi connectivity index (χ0v) is 20.0. The summed E-state index contributed by atoms with van der Waals surface area (Å²) in [5, 5.41) is 2.28. The van der Waals surface area contributed by atoms with Crippen LogP contribution < -0.4 is 9.47 Å². The molecule has 3 nitrogen and oxygen atoms in total. The fourth-order valence-electron chi connectivity index (χ4n) is 4.56. The number of allylic oxidation sites excluding steroid dienone is 2. The van der Waals surface area contributed by atoms with Crippen LogP contribution in [0.4, 0.5) is 0 Å². The van der Waals surface area contributed by atoms with Crippen molar-refractivity contribution in [2.45, 2.75) is 46.0 Å². The van der Waals surface area contributed by atoms with Crippen molar-refractivity contribution in [3.8, 4) is 17.2 Å². The standard InChI is InChI=1S/C29H29ClO3/c1-4-27(31)33-29-24-16-14-21(30)18-26(24)28(32-22-11-6-5-7-12-22)23-15-13-20(17-25(23)29)10-8-9-19(2)3/h4-7,9,11-12,14,16,18,20H,1,8,10,13,15,17H2,2-3H3. The van der Waals surface area contributed by atoms with Gasteiger partial charge < -0.3 is 9.47 Å². The van der Waals surface area contributed by atoms with Gasteiger partial charge in [0.25, 0.3) is 0 Å². The molecule has 3 aromatic carbocycles. The average molecular weight is 461 g/mol. The molecule has 1 unspecified atom stereocenters. The van der Waals surface area contributed by atoms with Gasteiger partial charge in [0.1, 0.15) is 17.2 Å². The van der Waals surface area contributed by atoms with Crippen molar-refractivity contribution in [1.29, 1.82) is 0 Å². The van der Waals surface area contributed by atoms with E-state index in [1.165, 1.54) is 11.6 Å². The first kappa shape index (κ1) is 23.1. The average Bonchev–Trinajstić information content (AvgIpc) is 2.81. The number of benzene rings is 3. The number of carbonyl (C=O) groups excluding carboxylic acids is 1. The summed E-state index contributed by atoms with van der Waals surface area (Å²) < 4.78 is 12.3. The van der Waals surface area contributed by atoms with Crippen LogP contribution in [0.15, 0.2) is 72.8 Å². The fraction of sp³-hybridized carbons (Fsp3) is 0.276. The minimum Gasteiger partial charge on any atom is -0.456 e. The summed E-state index contributed by atoms with van der Waals surface area (Å²) in [6.45, 7) is 7.85. The van der Waals surface area contributed by atoms with E-state index in [0.717, 1.165) is 65.5 Å². The maximum absolute atomic E-state index is 12.3. The minimum atomic E-state index is -0.461. The van der Waals surface area contributed by atoms with Gasteiger partial charge in [0.15, 0.2) is 0 Å². The number of ether oxygens (including phenoxy) is 2. The Morgan fingerprint density at radius 2 is 1.88 bits per heavy atom. The molecule has 33 heavy (non-hydrogen) atoms. The predicted molar refractivity (Wildman–Crippen MR) is 135 cm³/mol. The maximum Gasteiger partial charge on any atom is 0.335 e. The molecule has 0 fully saturated rings. The molecule has 0 heterocycles. The summed E-state index contributed by atoms with van der Waals surface area (Å²) >= 11 is 6.38. The van der Waals surface area contributed by atoms with Crippen molar-refractivity contribution in [2.24, 2.45) is 5.92 Å². The Morgan fingerprint density at radius 3 is 2.61 bits per heavy atom. The summed E-state index contributed by atoms with van der Waals surface area (Å²) in [5.74, 6) is 2.23. The largest absolute Gasteiger partial charge is 0.456 e. The lowest BCUT2D eigenvalue weighted by atomic mass is 9.79. The highest BCUT2D eigenvalue weighted by molar-refractivity contribution is 6.31. The van der Waals surface area contributed by atoms with Gasteiger partial charge >= 0.3 is 5.97 Å². The summed E-state index contributed by atoms with van der Waals surface area (Å²) in [6.07, 6.45) is 8.43. The van der Waals surface area contributed by atoms with Crippen LogP contribution in [0.2, 0.25) is 5.02 Å². The Morgan fingerprint density at radius 1 is 1.09 bits per heavy atom. The Labute approximate surface area is 200 Å². The van der Waals surface area contributed by atoms with E-state index in [1.807, 2.05) is 48.5 Å². The van der Waals surface area contributed by atoms with Gasteiger partial charge in [-0.25, -0.2) is 4.79 Å². The van der Waals surface area contributed by atoms with E-state index in [9.17, 15) is 4.79 Å². The molecule has 0 bridgehead atoms. The fourth-order valence-corrected chi connectivity index (χ4v) is 4.73. The van der Waals surface area contributed by atoms with E-state index >= 15 is 0 Å². The monoisotopic (exact) mass is 460 g/mol. The lowest BCUT2D eigenvalue weighted by Gasteiger charge is -2.29. The molecule has 0 spiro atoms.